The summed E-state index contributed by atoms with van der Waals surface area (Å²) in [6, 6.07) is 21.6. The largest absolute Gasteiger partial charge is 0.490 e. The van der Waals surface area contributed by atoms with Crippen LogP contribution in [0.15, 0.2) is 122 Å². The molecular formula is C67H67F2N17O13. The minimum Gasteiger partial charge on any atom is -0.490 e. The minimum absolute atomic E-state index is 0. The summed E-state index contributed by atoms with van der Waals surface area (Å²) in [5.74, 6) is -4.46. The Morgan fingerprint density at radius 1 is 0.586 bits per heavy atom. The number of nitrogens with zero attached hydrogens (tertiary/aromatic N) is 8. The molecule has 0 bridgehead atoms. The normalized spacial score (nSPS) is 17.4. The zero-order chi connectivity index (χ0) is 68.0. The number of benzene rings is 2. The zero-order valence-electron chi connectivity index (χ0n) is 52.0. The van der Waals surface area contributed by atoms with Gasteiger partial charge in [-0.2, -0.15) is 0 Å². The molecule has 4 atom stereocenters. The second-order valence-corrected chi connectivity index (χ2v) is 23.2. The first-order chi connectivity index (χ1) is 46.9. The van der Waals surface area contributed by atoms with E-state index in [1.165, 1.54) is 48.8 Å². The quantitative estimate of drug-likeness (QED) is 0.0343. The van der Waals surface area contributed by atoms with E-state index in [4.69, 9.17) is 15.2 Å². The first-order valence-electron chi connectivity index (χ1n) is 30.8. The van der Waals surface area contributed by atoms with Crippen LogP contribution in [-0.4, -0.2) is 167 Å². The number of aromatic carboxylic acids is 1. The van der Waals surface area contributed by atoms with Crippen LogP contribution >= 0.6 is 0 Å². The van der Waals surface area contributed by atoms with E-state index in [-0.39, 0.29) is 103 Å². The Hall–Kier alpha value is -12.1. The number of carboxylic acids is 1. The average molecular weight is 1360 g/mol. The topological polar surface area (TPSA) is 438 Å². The third-order valence-corrected chi connectivity index (χ3v) is 16.1. The van der Waals surface area contributed by atoms with Crippen LogP contribution in [0.25, 0.3) is 21.8 Å². The van der Waals surface area contributed by atoms with Gasteiger partial charge in [0.1, 0.15) is 71.8 Å². The molecule has 512 valence electrons. The van der Waals surface area contributed by atoms with Crippen LogP contribution < -0.4 is 58.6 Å². The molecule has 2 aromatic carbocycles. The number of alkyl halides is 2. The summed E-state index contributed by atoms with van der Waals surface area (Å²) in [5.41, 5.74) is 8.29. The van der Waals surface area contributed by atoms with E-state index in [9.17, 15) is 57.4 Å². The Balaban J connectivity index is 0.000000175. The molecule has 4 fully saturated rings. The van der Waals surface area contributed by atoms with E-state index >= 15 is 4.39 Å². The second-order valence-electron chi connectivity index (χ2n) is 23.2. The SMILES string of the molecule is C.N.NCC(F)COc1cccc2c1C(=O)N(C1CCC(=O)NC1=O)C2=O.O=C(O)c1cnc(Nc2ccc3cnccc3n2)cc1NC1CC1.O=C1CCC(N2C(=O)c3cccc(OCC(F)CNC(=O)c4cnc(Nc5ccc6cnccc6n5)cc4NC4CC4)c3C2=O)C(=O)N1. The lowest BCUT2D eigenvalue weighted by Crippen LogP contribution is -2.54. The lowest BCUT2D eigenvalue weighted by atomic mass is 10.0. The first-order valence-corrected chi connectivity index (χ1v) is 30.8. The molecule has 0 spiro atoms. The maximum Gasteiger partial charge on any atom is 0.339 e. The van der Waals surface area contributed by atoms with Crippen molar-refractivity contribution in [2.45, 2.75) is 95.3 Å². The predicted octanol–water partition coefficient (Wildman–Crippen LogP) is 6.49. The number of carbonyl (C=O) groups is 10. The van der Waals surface area contributed by atoms with E-state index in [0.29, 0.717) is 40.7 Å². The van der Waals surface area contributed by atoms with Crippen LogP contribution in [-0.2, 0) is 19.2 Å². The molecule has 2 aliphatic carbocycles. The highest BCUT2D eigenvalue weighted by atomic mass is 19.1. The molecule has 4 aliphatic heterocycles. The lowest BCUT2D eigenvalue weighted by molar-refractivity contribution is -0.137. The van der Waals surface area contributed by atoms with E-state index < -0.39 is 96.7 Å². The van der Waals surface area contributed by atoms with Crippen molar-refractivity contribution in [3.8, 4) is 11.5 Å². The number of aromatic nitrogens is 6. The van der Waals surface area contributed by atoms with Gasteiger partial charge in [0.15, 0.2) is 6.17 Å². The van der Waals surface area contributed by atoms with Crippen molar-refractivity contribution in [2.24, 2.45) is 5.73 Å². The fourth-order valence-electron chi connectivity index (χ4n) is 10.9. The third kappa shape index (κ3) is 15.9. The van der Waals surface area contributed by atoms with E-state index in [1.807, 2.05) is 24.3 Å². The van der Waals surface area contributed by atoms with E-state index in [2.05, 4.69) is 67.1 Å². The average Bonchev–Trinajstić information content (AvgIpc) is 1.61. The number of amides is 9. The zero-order valence-corrected chi connectivity index (χ0v) is 52.0. The Kier molecular flexibility index (Phi) is 21.4. The molecule has 6 aliphatic rings. The van der Waals surface area contributed by atoms with Gasteiger partial charge < -0.3 is 53.0 Å². The van der Waals surface area contributed by atoms with Crippen LogP contribution in [0.1, 0.15) is 121 Å². The molecule has 2 saturated heterocycles. The molecule has 14 rings (SSSR count). The molecular weight excluding hydrogens is 1290 g/mol. The Labute approximate surface area is 562 Å². The summed E-state index contributed by atoms with van der Waals surface area (Å²) < 4.78 is 39.2. The number of pyridine rings is 6. The molecule has 30 nitrogen and oxygen atoms in total. The highest BCUT2D eigenvalue weighted by molar-refractivity contribution is 6.25. The van der Waals surface area contributed by atoms with Gasteiger partial charge in [0.05, 0.1) is 56.8 Å². The number of fused-ring (bicyclic) bond motifs is 4. The molecule has 13 N–H and O–H groups in total. The molecule has 10 heterocycles. The van der Waals surface area contributed by atoms with Crippen molar-refractivity contribution in [2.75, 3.05) is 47.6 Å². The van der Waals surface area contributed by atoms with Gasteiger partial charge in [0, 0.05) is 91.6 Å². The van der Waals surface area contributed by atoms with Gasteiger partial charge in [-0.25, -0.2) is 33.5 Å². The number of anilines is 6. The van der Waals surface area contributed by atoms with E-state index in [0.717, 1.165) is 57.3 Å². The molecule has 9 amide bonds. The van der Waals surface area contributed by atoms with Crippen LogP contribution in [0.3, 0.4) is 0 Å². The monoisotopic (exact) mass is 1360 g/mol. The first kappa shape index (κ1) is 69.8. The number of carbonyl (C=O) groups excluding carboxylic acids is 9. The maximum absolute atomic E-state index is 15.0. The highest BCUT2D eigenvalue weighted by Gasteiger charge is 2.48. The molecule has 8 aromatic rings. The molecule has 4 unspecified atom stereocenters. The number of halogens is 2. The third-order valence-electron chi connectivity index (χ3n) is 16.1. The maximum atomic E-state index is 15.0. The van der Waals surface area contributed by atoms with Crippen molar-refractivity contribution in [1.82, 2.24) is 61.8 Å². The number of rotatable bonds is 21. The van der Waals surface area contributed by atoms with Crippen molar-refractivity contribution in [3.05, 3.63) is 155 Å². The molecule has 0 radical (unpaired) electrons. The standard InChI is InChI=1S/C33H29FN8O6.C17H15N5O2.C16H16FN3O5.CH4.H3N/c34-18(16-48-25-3-1-2-20-29(25)33(47)42(32(20)46)24-7-9-28(43)41-31(24)45)14-37-30(44)21-15-36-27(12-23(21)38-19-5-6-19)40-26-8-4-17-13-35-11-10-22(17)39-26;23-17(24)12-9-19-16(7-14(12)20-11-2-3-11)22-15-4-1-10-8-18-6-5-13(10)21-15;17-8(6-18)7-25-11-3-1-2-9-13(11)16(24)20(15(9)23)10-4-5-12(21)19-14(10)22;;/h1-4,8,10-13,15,18-19,24H,5-7,9,14,16H2,(H,37,44)(H,41,43,45)(H2,36,38,39,40);1,4-9,11H,2-3H2,(H,23,24)(H2,19,20,21,22);1-3,8,10H,4-7,18H2,(H,19,21,22);1H4;1H3. The number of ether oxygens (including phenoxy) is 2. The molecule has 32 heteroatoms. The Bertz CT molecular complexity index is 4520. The van der Waals surface area contributed by atoms with E-state index in [1.54, 1.807) is 49.1 Å². The van der Waals surface area contributed by atoms with Gasteiger partial charge in [0.2, 0.25) is 23.6 Å². The summed E-state index contributed by atoms with van der Waals surface area (Å²) >= 11 is 0. The fraction of sp³-hybridized carbons (Fsp3) is 0.284. The van der Waals surface area contributed by atoms with Crippen molar-refractivity contribution < 1.29 is 71.3 Å². The number of nitrogens with two attached hydrogens (primary N) is 1. The summed E-state index contributed by atoms with van der Waals surface area (Å²) in [6.45, 7) is -1.52. The van der Waals surface area contributed by atoms with Gasteiger partial charge in [-0.05, 0) is 99.2 Å². The number of imide groups is 4. The van der Waals surface area contributed by atoms with Gasteiger partial charge in [-0.15, -0.1) is 0 Å². The smallest absolute Gasteiger partial charge is 0.339 e. The summed E-state index contributed by atoms with van der Waals surface area (Å²) in [4.78, 5) is 151. The number of nitrogens with one attached hydrogen (secondary N) is 7. The summed E-state index contributed by atoms with van der Waals surface area (Å²) in [5, 5.41) is 30.8. The number of hydrogen-bond acceptors (Lipinski definition) is 24. The number of piperidine rings is 2. The Morgan fingerprint density at radius 3 is 1.48 bits per heavy atom. The van der Waals surface area contributed by atoms with Crippen molar-refractivity contribution in [3.63, 3.8) is 0 Å². The molecule has 2 saturated carbocycles. The van der Waals surface area contributed by atoms with Gasteiger partial charge in [-0.3, -0.25) is 73.6 Å². The van der Waals surface area contributed by atoms with Gasteiger partial charge >= 0.3 is 5.97 Å². The minimum atomic E-state index is -1.67. The van der Waals surface area contributed by atoms with Gasteiger partial charge in [-0.1, -0.05) is 19.6 Å². The lowest BCUT2D eigenvalue weighted by Gasteiger charge is -2.27. The summed E-state index contributed by atoms with van der Waals surface area (Å²) in [7, 11) is 0. The van der Waals surface area contributed by atoms with Crippen molar-refractivity contribution in [1.29, 1.82) is 0 Å². The predicted molar refractivity (Wildman–Crippen MR) is 355 cm³/mol. The summed E-state index contributed by atoms with van der Waals surface area (Å²) in [6.07, 6.45) is 10.6. The Morgan fingerprint density at radius 2 is 1.04 bits per heavy atom. The number of hydrogen-bond donors (Lipinski definition) is 10. The van der Waals surface area contributed by atoms with Gasteiger partial charge in [0.25, 0.3) is 29.5 Å². The fourth-order valence-corrected chi connectivity index (χ4v) is 10.9. The molecule has 99 heavy (non-hydrogen) atoms. The second kappa shape index (κ2) is 30.3. The van der Waals surface area contributed by atoms with Crippen LogP contribution in [0, 0.1) is 0 Å². The van der Waals surface area contributed by atoms with Crippen molar-refractivity contribution >= 4 is 116 Å². The highest BCUT2D eigenvalue weighted by Crippen LogP contribution is 2.37. The number of carboxylic acid groups (broad SMARTS) is 1. The molecule has 6 aromatic heterocycles. The van der Waals surface area contributed by atoms with Crippen LogP contribution in [0.4, 0.5) is 43.4 Å². The van der Waals surface area contributed by atoms with Crippen LogP contribution in [0.5, 0.6) is 11.5 Å². The van der Waals surface area contributed by atoms with Crippen LogP contribution in [0.2, 0.25) is 0 Å².